The average Bonchev–Trinajstić information content (AvgIpc) is 2.41. The lowest BCUT2D eigenvalue weighted by atomic mass is 10.0. The van der Waals surface area contributed by atoms with E-state index >= 15 is 0 Å². The third kappa shape index (κ3) is 2.16. The van der Waals surface area contributed by atoms with Gasteiger partial charge in [-0.15, -0.1) is 0 Å². The van der Waals surface area contributed by atoms with Crippen molar-refractivity contribution >= 4 is 33.8 Å². The lowest BCUT2D eigenvalue weighted by molar-refractivity contribution is -0.105. The molecule has 1 N–H and O–H groups in total. The number of benzene rings is 1. The number of halogens is 1. The number of carbonyl (C=O) groups excluding carboxylic acids is 2. The van der Waals surface area contributed by atoms with Crippen molar-refractivity contribution in [2.45, 2.75) is 24.1 Å². The Morgan fingerprint density at radius 1 is 1.44 bits per heavy atom. The molecule has 16 heavy (non-hydrogen) atoms. The summed E-state index contributed by atoms with van der Waals surface area (Å²) in [5, 5.41) is 2.60. The van der Waals surface area contributed by atoms with Crippen LogP contribution in [0.25, 0.3) is 0 Å². The normalized spacial score (nSPS) is 19.8. The number of anilines is 1. The zero-order valence-corrected chi connectivity index (χ0v) is 10.3. The highest BCUT2D eigenvalue weighted by Gasteiger charge is 2.23. The number of hydrogen-bond acceptors (Lipinski definition) is 2. The minimum Gasteiger partial charge on any atom is -0.329 e. The van der Waals surface area contributed by atoms with Gasteiger partial charge in [-0.2, -0.15) is 0 Å². The van der Waals surface area contributed by atoms with Crippen LogP contribution >= 0.6 is 15.9 Å². The molecule has 4 heteroatoms. The lowest BCUT2D eigenvalue weighted by Crippen LogP contribution is -2.12. The van der Waals surface area contributed by atoms with E-state index < -0.39 is 0 Å². The molecule has 0 fully saturated rings. The van der Waals surface area contributed by atoms with E-state index in [2.05, 4.69) is 21.2 Å². The van der Waals surface area contributed by atoms with Crippen LogP contribution in [0.3, 0.4) is 0 Å². The van der Waals surface area contributed by atoms with Crippen molar-refractivity contribution < 1.29 is 9.59 Å². The van der Waals surface area contributed by atoms with E-state index in [1.807, 2.05) is 6.07 Å². The van der Waals surface area contributed by atoms with E-state index in [4.69, 9.17) is 0 Å². The minimum atomic E-state index is -0.0707. The lowest BCUT2D eigenvalue weighted by Gasteiger charge is -2.08. The molecule has 1 aromatic carbocycles. The SMILES string of the molecule is O=CNc1ccc2c(c1)CCCC(Br)C2=O. The molecule has 0 aliphatic heterocycles. The van der Waals surface area contributed by atoms with Crippen LogP contribution in [0.2, 0.25) is 0 Å². The number of aryl methyl sites for hydroxylation is 1. The highest BCUT2D eigenvalue weighted by atomic mass is 79.9. The largest absolute Gasteiger partial charge is 0.329 e. The Hall–Kier alpha value is -1.16. The monoisotopic (exact) mass is 281 g/mol. The number of carbonyl (C=O) groups is 2. The zero-order valence-electron chi connectivity index (χ0n) is 8.70. The van der Waals surface area contributed by atoms with E-state index in [0.717, 1.165) is 36.1 Å². The van der Waals surface area contributed by atoms with Gasteiger partial charge in [-0.05, 0) is 43.0 Å². The second-order valence-corrected chi connectivity index (χ2v) is 4.96. The molecular formula is C12H12BrNO2. The number of amides is 1. The summed E-state index contributed by atoms with van der Waals surface area (Å²) in [6, 6.07) is 5.44. The molecule has 1 aliphatic carbocycles. The van der Waals surface area contributed by atoms with Crippen LogP contribution in [0.4, 0.5) is 5.69 Å². The Balaban J connectivity index is 2.39. The third-order valence-corrected chi connectivity index (χ3v) is 3.66. The van der Waals surface area contributed by atoms with Crippen LogP contribution in [-0.4, -0.2) is 17.0 Å². The summed E-state index contributed by atoms with van der Waals surface area (Å²) >= 11 is 3.40. The molecule has 1 aromatic rings. The quantitative estimate of drug-likeness (QED) is 0.514. The molecule has 3 nitrogen and oxygen atoms in total. The number of alkyl halides is 1. The number of hydrogen-bond donors (Lipinski definition) is 1. The Labute approximate surface area is 102 Å². The molecule has 1 atom stereocenters. The molecule has 1 amide bonds. The fourth-order valence-corrected chi connectivity index (χ4v) is 2.54. The summed E-state index contributed by atoms with van der Waals surface area (Å²) in [4.78, 5) is 22.2. The number of ketones is 1. The minimum absolute atomic E-state index is 0.0707. The summed E-state index contributed by atoms with van der Waals surface area (Å²) in [6.07, 6.45) is 3.38. The smallest absolute Gasteiger partial charge is 0.211 e. The molecule has 0 spiro atoms. The van der Waals surface area contributed by atoms with Gasteiger partial charge in [0.2, 0.25) is 6.41 Å². The average molecular weight is 282 g/mol. The second-order valence-electron chi connectivity index (χ2n) is 3.86. The Morgan fingerprint density at radius 2 is 2.25 bits per heavy atom. The molecule has 0 radical (unpaired) electrons. The Morgan fingerprint density at radius 3 is 3.00 bits per heavy atom. The summed E-state index contributed by atoms with van der Waals surface area (Å²) in [5.41, 5.74) is 2.55. The zero-order chi connectivity index (χ0) is 11.5. The van der Waals surface area contributed by atoms with Crippen molar-refractivity contribution in [3.63, 3.8) is 0 Å². The number of nitrogens with one attached hydrogen (secondary N) is 1. The van der Waals surface area contributed by atoms with Gasteiger partial charge in [0, 0.05) is 11.3 Å². The van der Waals surface area contributed by atoms with Gasteiger partial charge in [0.15, 0.2) is 5.78 Å². The Bertz CT molecular complexity index is 431. The van der Waals surface area contributed by atoms with E-state index in [0.29, 0.717) is 6.41 Å². The number of rotatable bonds is 2. The maximum absolute atomic E-state index is 12.0. The summed E-state index contributed by atoms with van der Waals surface area (Å²) in [5.74, 6) is 0.144. The van der Waals surface area contributed by atoms with Gasteiger partial charge in [0.05, 0.1) is 4.83 Å². The van der Waals surface area contributed by atoms with Gasteiger partial charge in [0.25, 0.3) is 0 Å². The van der Waals surface area contributed by atoms with Crippen LogP contribution in [-0.2, 0) is 11.2 Å². The first-order valence-electron chi connectivity index (χ1n) is 5.24. The van der Waals surface area contributed by atoms with Crippen LogP contribution in [0.5, 0.6) is 0 Å². The fourth-order valence-electron chi connectivity index (χ4n) is 1.97. The first-order valence-corrected chi connectivity index (χ1v) is 6.15. The molecule has 0 saturated heterocycles. The van der Waals surface area contributed by atoms with Crippen molar-refractivity contribution in [3.8, 4) is 0 Å². The van der Waals surface area contributed by atoms with E-state index in [-0.39, 0.29) is 10.6 Å². The van der Waals surface area contributed by atoms with Crippen LogP contribution in [0, 0.1) is 0 Å². The Kier molecular flexibility index (Phi) is 3.39. The maximum Gasteiger partial charge on any atom is 0.211 e. The molecular weight excluding hydrogens is 270 g/mol. The predicted molar refractivity (Wildman–Crippen MR) is 66.1 cm³/mol. The maximum atomic E-state index is 12.0. The van der Waals surface area contributed by atoms with Gasteiger partial charge >= 0.3 is 0 Å². The third-order valence-electron chi connectivity index (χ3n) is 2.78. The van der Waals surface area contributed by atoms with Gasteiger partial charge < -0.3 is 5.32 Å². The summed E-state index contributed by atoms with van der Waals surface area (Å²) < 4.78 is 0. The van der Waals surface area contributed by atoms with E-state index in [1.54, 1.807) is 12.1 Å². The van der Waals surface area contributed by atoms with Gasteiger partial charge in [-0.3, -0.25) is 9.59 Å². The number of Topliss-reactive ketones (excluding diaryl/α,β-unsaturated/α-hetero) is 1. The molecule has 2 rings (SSSR count). The van der Waals surface area contributed by atoms with Gasteiger partial charge in [-0.1, -0.05) is 15.9 Å². The molecule has 0 bridgehead atoms. The van der Waals surface area contributed by atoms with Crippen molar-refractivity contribution in [2.24, 2.45) is 0 Å². The number of fused-ring (bicyclic) bond motifs is 1. The fraction of sp³-hybridized carbons (Fsp3) is 0.333. The van der Waals surface area contributed by atoms with Crippen molar-refractivity contribution in [2.75, 3.05) is 5.32 Å². The molecule has 0 saturated carbocycles. The molecule has 0 aromatic heterocycles. The van der Waals surface area contributed by atoms with Crippen molar-refractivity contribution in [1.82, 2.24) is 0 Å². The predicted octanol–water partition coefficient (Wildman–Crippen LogP) is 2.54. The highest BCUT2D eigenvalue weighted by Crippen LogP contribution is 2.26. The second kappa shape index (κ2) is 4.78. The van der Waals surface area contributed by atoms with E-state index in [1.165, 1.54) is 0 Å². The molecule has 84 valence electrons. The van der Waals surface area contributed by atoms with Crippen LogP contribution in [0.1, 0.15) is 28.8 Å². The molecule has 1 aliphatic rings. The standard InChI is InChI=1S/C12H12BrNO2/c13-11-3-1-2-8-6-9(14-7-15)4-5-10(8)12(11)16/h4-7,11H,1-3H2,(H,14,15). The van der Waals surface area contributed by atoms with Crippen molar-refractivity contribution in [3.05, 3.63) is 29.3 Å². The summed E-state index contributed by atoms with van der Waals surface area (Å²) in [7, 11) is 0. The summed E-state index contributed by atoms with van der Waals surface area (Å²) in [6.45, 7) is 0. The van der Waals surface area contributed by atoms with Crippen LogP contribution in [0.15, 0.2) is 18.2 Å². The molecule has 1 unspecified atom stereocenters. The first kappa shape index (κ1) is 11.3. The van der Waals surface area contributed by atoms with Crippen LogP contribution < -0.4 is 5.32 Å². The van der Waals surface area contributed by atoms with Gasteiger partial charge in [-0.25, -0.2) is 0 Å². The highest BCUT2D eigenvalue weighted by molar-refractivity contribution is 9.10. The topological polar surface area (TPSA) is 46.2 Å². The van der Waals surface area contributed by atoms with Crippen molar-refractivity contribution in [1.29, 1.82) is 0 Å². The first-order chi connectivity index (χ1) is 7.72. The molecule has 0 heterocycles. The van der Waals surface area contributed by atoms with E-state index in [9.17, 15) is 9.59 Å². The van der Waals surface area contributed by atoms with Gasteiger partial charge in [0.1, 0.15) is 0 Å².